The fourth-order valence-corrected chi connectivity index (χ4v) is 1.87. The van der Waals surface area contributed by atoms with Gasteiger partial charge in [0.05, 0.1) is 11.4 Å². The van der Waals surface area contributed by atoms with E-state index in [1.54, 1.807) is 30.3 Å². The Kier molecular flexibility index (Phi) is 3.38. The molecule has 0 aliphatic heterocycles. The summed E-state index contributed by atoms with van der Waals surface area (Å²) in [5.41, 5.74) is -0.205. The fraction of sp³-hybridized carbons (Fsp3) is 0.0769. The zero-order chi connectivity index (χ0) is 12.4. The van der Waals surface area contributed by atoms with Crippen LogP contribution in [-0.4, -0.2) is 0 Å². The molecule has 0 fully saturated rings. The van der Waals surface area contributed by atoms with Crippen molar-refractivity contribution in [3.8, 4) is 11.1 Å². The molecule has 0 atom stereocenters. The predicted octanol–water partition coefficient (Wildman–Crippen LogP) is 4.51. The lowest BCUT2D eigenvalue weighted by Gasteiger charge is -2.09. The molecule has 88 valence electrons. The second kappa shape index (κ2) is 4.80. The maximum Gasteiger partial charge on any atom is 0.141 e. The van der Waals surface area contributed by atoms with Gasteiger partial charge in [0.15, 0.2) is 0 Å². The zero-order valence-electron chi connectivity index (χ0n) is 8.68. The van der Waals surface area contributed by atoms with Gasteiger partial charge in [-0.05, 0) is 5.56 Å². The van der Waals surface area contributed by atoms with Crippen molar-refractivity contribution >= 4 is 11.6 Å². The van der Waals surface area contributed by atoms with Crippen LogP contribution in [-0.2, 0) is 5.88 Å². The highest BCUT2D eigenvalue weighted by atomic mass is 35.5. The minimum Gasteiger partial charge on any atom is -0.206 e. The number of alkyl halides is 1. The molecule has 0 saturated heterocycles. The van der Waals surface area contributed by atoms with Crippen LogP contribution in [0, 0.1) is 17.5 Å². The molecule has 0 spiro atoms. The van der Waals surface area contributed by atoms with Crippen LogP contribution in [0.25, 0.3) is 11.1 Å². The van der Waals surface area contributed by atoms with Gasteiger partial charge in [0, 0.05) is 11.6 Å². The summed E-state index contributed by atoms with van der Waals surface area (Å²) in [7, 11) is 0. The Labute approximate surface area is 102 Å². The highest BCUT2D eigenvalue weighted by molar-refractivity contribution is 6.17. The van der Waals surface area contributed by atoms with Crippen LogP contribution < -0.4 is 0 Å². The van der Waals surface area contributed by atoms with Crippen LogP contribution in [0.1, 0.15) is 5.56 Å². The lowest BCUT2D eigenvalue weighted by molar-refractivity contribution is 0.535. The molecule has 4 heteroatoms. The average Bonchev–Trinajstić information content (AvgIpc) is 2.30. The van der Waals surface area contributed by atoms with Crippen molar-refractivity contribution in [2.75, 3.05) is 0 Å². The molecule has 0 unspecified atom stereocenters. The van der Waals surface area contributed by atoms with Crippen molar-refractivity contribution in [1.82, 2.24) is 0 Å². The second-order valence-corrected chi connectivity index (χ2v) is 3.77. The van der Waals surface area contributed by atoms with Crippen molar-refractivity contribution in [3.05, 3.63) is 59.4 Å². The maximum absolute atomic E-state index is 13.9. The Morgan fingerprint density at radius 1 is 0.941 bits per heavy atom. The van der Waals surface area contributed by atoms with Crippen molar-refractivity contribution < 1.29 is 13.2 Å². The first-order chi connectivity index (χ1) is 8.15. The van der Waals surface area contributed by atoms with Gasteiger partial charge >= 0.3 is 0 Å². The quantitative estimate of drug-likeness (QED) is 0.694. The number of hydrogen-bond donors (Lipinski definition) is 0. The van der Waals surface area contributed by atoms with Crippen LogP contribution >= 0.6 is 11.6 Å². The molecular formula is C13H8ClF3. The summed E-state index contributed by atoms with van der Waals surface area (Å²) in [5, 5.41) is 0. The summed E-state index contributed by atoms with van der Waals surface area (Å²) >= 11 is 5.45. The SMILES string of the molecule is Fc1cc(F)c(-c2ccccc2)c(F)c1CCl. The van der Waals surface area contributed by atoms with E-state index >= 15 is 0 Å². The summed E-state index contributed by atoms with van der Waals surface area (Å²) in [4.78, 5) is 0. The third-order valence-corrected chi connectivity index (χ3v) is 2.73. The molecule has 2 rings (SSSR count). The van der Waals surface area contributed by atoms with Gasteiger partial charge in [0.1, 0.15) is 17.5 Å². The summed E-state index contributed by atoms with van der Waals surface area (Å²) in [6, 6.07) is 8.79. The molecule has 0 radical (unpaired) electrons. The number of halogens is 4. The molecular weight excluding hydrogens is 249 g/mol. The third kappa shape index (κ3) is 2.15. The van der Waals surface area contributed by atoms with E-state index in [9.17, 15) is 13.2 Å². The minimum absolute atomic E-state index is 0.248. The van der Waals surface area contributed by atoms with Gasteiger partial charge in [-0.2, -0.15) is 0 Å². The monoisotopic (exact) mass is 256 g/mol. The van der Waals surface area contributed by atoms with Crippen LogP contribution in [0.3, 0.4) is 0 Å². The lowest BCUT2D eigenvalue weighted by atomic mass is 10.0. The molecule has 17 heavy (non-hydrogen) atoms. The van der Waals surface area contributed by atoms with Crippen LogP contribution in [0.15, 0.2) is 36.4 Å². The van der Waals surface area contributed by atoms with Crippen LogP contribution in [0.2, 0.25) is 0 Å². The fourth-order valence-electron chi connectivity index (χ4n) is 1.62. The Balaban J connectivity index is 2.70. The summed E-state index contributed by atoms with van der Waals surface area (Å²) < 4.78 is 40.7. The molecule has 0 nitrogen and oxygen atoms in total. The average molecular weight is 257 g/mol. The smallest absolute Gasteiger partial charge is 0.141 e. The Hall–Kier alpha value is -1.48. The number of hydrogen-bond acceptors (Lipinski definition) is 0. The van der Waals surface area contributed by atoms with Crippen molar-refractivity contribution in [2.45, 2.75) is 5.88 Å². The van der Waals surface area contributed by atoms with Gasteiger partial charge < -0.3 is 0 Å². The van der Waals surface area contributed by atoms with Gasteiger partial charge in [-0.1, -0.05) is 30.3 Å². The Bertz CT molecular complexity index is 538. The summed E-state index contributed by atoms with van der Waals surface area (Å²) in [6.45, 7) is 0. The second-order valence-electron chi connectivity index (χ2n) is 3.51. The lowest BCUT2D eigenvalue weighted by Crippen LogP contribution is -1.99. The van der Waals surface area contributed by atoms with Crippen LogP contribution in [0.4, 0.5) is 13.2 Å². The molecule has 0 aliphatic carbocycles. The molecule has 0 N–H and O–H groups in total. The Morgan fingerprint density at radius 3 is 2.18 bits per heavy atom. The standard InChI is InChI=1S/C13H8ClF3/c14-7-9-10(15)6-11(16)12(13(9)17)8-4-2-1-3-5-8/h1-6H,7H2. The van der Waals surface area contributed by atoms with E-state index in [-0.39, 0.29) is 17.0 Å². The maximum atomic E-state index is 13.9. The van der Waals surface area contributed by atoms with Gasteiger partial charge in [-0.3, -0.25) is 0 Å². The topological polar surface area (TPSA) is 0 Å². The first kappa shape index (κ1) is 12.0. The van der Waals surface area contributed by atoms with E-state index in [0.717, 1.165) is 0 Å². The molecule has 0 bridgehead atoms. The zero-order valence-corrected chi connectivity index (χ0v) is 9.44. The molecule has 0 aromatic heterocycles. The number of rotatable bonds is 2. The van der Waals surface area contributed by atoms with E-state index in [4.69, 9.17) is 11.6 Å². The van der Waals surface area contributed by atoms with Crippen molar-refractivity contribution in [2.24, 2.45) is 0 Å². The van der Waals surface area contributed by atoms with E-state index < -0.39 is 17.5 Å². The Morgan fingerprint density at radius 2 is 1.59 bits per heavy atom. The molecule has 2 aromatic carbocycles. The minimum atomic E-state index is -0.963. The number of benzene rings is 2. The van der Waals surface area contributed by atoms with E-state index in [1.807, 2.05) is 0 Å². The first-order valence-corrected chi connectivity index (χ1v) is 5.46. The van der Waals surface area contributed by atoms with Gasteiger partial charge in [0.2, 0.25) is 0 Å². The highest BCUT2D eigenvalue weighted by Gasteiger charge is 2.19. The van der Waals surface area contributed by atoms with Crippen molar-refractivity contribution in [3.63, 3.8) is 0 Å². The summed E-state index contributed by atoms with van der Waals surface area (Å²) in [5.74, 6) is -3.17. The molecule has 0 amide bonds. The van der Waals surface area contributed by atoms with Gasteiger partial charge in [-0.25, -0.2) is 13.2 Å². The summed E-state index contributed by atoms with van der Waals surface area (Å²) in [6.07, 6.45) is 0. The van der Waals surface area contributed by atoms with Crippen LogP contribution in [0.5, 0.6) is 0 Å². The van der Waals surface area contributed by atoms with Gasteiger partial charge in [0.25, 0.3) is 0 Å². The normalized spacial score (nSPS) is 10.6. The first-order valence-electron chi connectivity index (χ1n) is 4.93. The van der Waals surface area contributed by atoms with E-state index in [0.29, 0.717) is 11.6 Å². The third-order valence-electron chi connectivity index (χ3n) is 2.46. The highest BCUT2D eigenvalue weighted by Crippen LogP contribution is 2.30. The predicted molar refractivity (Wildman–Crippen MR) is 61.3 cm³/mol. The van der Waals surface area contributed by atoms with Crippen molar-refractivity contribution in [1.29, 1.82) is 0 Å². The molecule has 0 heterocycles. The largest absolute Gasteiger partial charge is 0.206 e. The van der Waals surface area contributed by atoms with E-state index in [2.05, 4.69) is 0 Å². The van der Waals surface area contributed by atoms with E-state index in [1.165, 1.54) is 0 Å². The molecule has 0 saturated carbocycles. The molecule has 2 aromatic rings. The van der Waals surface area contributed by atoms with Gasteiger partial charge in [-0.15, -0.1) is 11.6 Å². The molecule has 0 aliphatic rings.